The minimum Gasteiger partial charge on any atom is -0.423 e. The highest BCUT2D eigenvalue weighted by molar-refractivity contribution is 5.80. The van der Waals surface area contributed by atoms with Gasteiger partial charge in [-0.3, -0.25) is 9.80 Å². The molecule has 3 heterocycles. The molecule has 0 amide bonds. The van der Waals surface area contributed by atoms with Crippen molar-refractivity contribution in [3.05, 3.63) is 45.8 Å². The lowest BCUT2D eigenvalue weighted by Gasteiger charge is -2.37. The van der Waals surface area contributed by atoms with Crippen LogP contribution in [0.25, 0.3) is 11.0 Å². The van der Waals surface area contributed by atoms with Crippen molar-refractivity contribution in [3.8, 4) is 0 Å². The smallest absolute Gasteiger partial charge is 0.336 e. The third-order valence-electron chi connectivity index (χ3n) is 5.34. The molecule has 1 aromatic heterocycles. The predicted octanol–water partition coefficient (Wildman–Crippen LogP) is 1.58. The normalized spacial score (nSPS) is 23.1. The first-order valence-electron chi connectivity index (χ1n) is 8.89. The molecule has 1 atom stereocenters. The summed E-state index contributed by atoms with van der Waals surface area (Å²) in [5, 5.41) is 4.51. The molecule has 1 N–H and O–H groups in total. The maximum atomic E-state index is 11.9. The molecule has 24 heavy (non-hydrogen) atoms. The van der Waals surface area contributed by atoms with Gasteiger partial charge in [0.05, 0.1) is 0 Å². The van der Waals surface area contributed by atoms with E-state index in [2.05, 4.69) is 27.2 Å². The summed E-state index contributed by atoms with van der Waals surface area (Å²) in [4.78, 5) is 16.9. The molecule has 0 saturated carbocycles. The number of aryl methyl sites for hydroxylation is 1. The Labute approximate surface area is 142 Å². The van der Waals surface area contributed by atoms with E-state index in [1.54, 1.807) is 6.07 Å². The highest BCUT2D eigenvalue weighted by Crippen LogP contribution is 2.21. The van der Waals surface area contributed by atoms with E-state index in [0.29, 0.717) is 11.6 Å². The highest BCUT2D eigenvalue weighted by atomic mass is 16.4. The van der Waals surface area contributed by atoms with Crippen molar-refractivity contribution in [2.45, 2.75) is 25.9 Å². The van der Waals surface area contributed by atoms with Gasteiger partial charge < -0.3 is 9.73 Å². The van der Waals surface area contributed by atoms with Crippen LogP contribution in [0.4, 0.5) is 0 Å². The van der Waals surface area contributed by atoms with Crippen LogP contribution in [0.1, 0.15) is 17.5 Å². The summed E-state index contributed by atoms with van der Waals surface area (Å²) in [6.07, 6.45) is 1.27. The molecule has 4 rings (SSSR count). The van der Waals surface area contributed by atoms with Crippen LogP contribution < -0.4 is 10.9 Å². The summed E-state index contributed by atoms with van der Waals surface area (Å²) in [5.41, 5.74) is 2.64. The van der Waals surface area contributed by atoms with E-state index in [-0.39, 0.29) is 5.63 Å². The van der Waals surface area contributed by atoms with Crippen LogP contribution in [0.15, 0.2) is 33.5 Å². The second-order valence-electron chi connectivity index (χ2n) is 7.05. The Morgan fingerprint density at radius 2 is 2.04 bits per heavy atom. The number of nitrogens with zero attached hydrogens (tertiary/aromatic N) is 2. The highest BCUT2D eigenvalue weighted by Gasteiger charge is 2.26. The quantitative estimate of drug-likeness (QED) is 0.868. The number of hydrogen-bond donors (Lipinski definition) is 1. The first-order chi connectivity index (χ1) is 11.7. The van der Waals surface area contributed by atoms with Gasteiger partial charge in [0.15, 0.2) is 0 Å². The van der Waals surface area contributed by atoms with Gasteiger partial charge in [-0.2, -0.15) is 0 Å². The van der Waals surface area contributed by atoms with E-state index >= 15 is 0 Å². The van der Waals surface area contributed by atoms with Gasteiger partial charge in [0.1, 0.15) is 5.58 Å². The van der Waals surface area contributed by atoms with Crippen LogP contribution in [0.5, 0.6) is 0 Å². The van der Waals surface area contributed by atoms with E-state index in [0.717, 1.165) is 62.3 Å². The minimum absolute atomic E-state index is 0.251. The molecule has 128 valence electrons. The van der Waals surface area contributed by atoms with Gasteiger partial charge in [-0.15, -0.1) is 0 Å². The van der Waals surface area contributed by atoms with Gasteiger partial charge >= 0.3 is 5.63 Å². The molecule has 2 fully saturated rings. The Hall–Kier alpha value is -1.69. The van der Waals surface area contributed by atoms with Crippen molar-refractivity contribution in [2.24, 2.45) is 0 Å². The molecule has 2 aliphatic rings. The number of fused-ring (bicyclic) bond motifs is 1. The lowest BCUT2D eigenvalue weighted by Crippen LogP contribution is -2.50. The Morgan fingerprint density at radius 1 is 1.21 bits per heavy atom. The average Bonchev–Trinajstić information content (AvgIpc) is 3.09. The molecule has 0 aliphatic carbocycles. The Balaban J connectivity index is 1.48. The van der Waals surface area contributed by atoms with Gasteiger partial charge in [0.2, 0.25) is 0 Å². The molecular formula is C19H25N3O2. The summed E-state index contributed by atoms with van der Waals surface area (Å²) in [5.74, 6) is 0. The SMILES string of the molecule is Cc1ccc2c(CN3CCN(C4CCNC4)CC3)cc(=O)oc2c1. The number of rotatable bonds is 3. The second kappa shape index (κ2) is 6.67. The molecule has 2 saturated heterocycles. The Kier molecular flexibility index (Phi) is 4.39. The van der Waals surface area contributed by atoms with E-state index in [4.69, 9.17) is 4.42 Å². The van der Waals surface area contributed by atoms with Gasteiger partial charge in [-0.05, 0) is 37.1 Å². The third-order valence-corrected chi connectivity index (χ3v) is 5.34. The molecule has 1 aromatic carbocycles. The average molecular weight is 327 g/mol. The molecule has 5 heteroatoms. The molecule has 0 radical (unpaired) electrons. The Morgan fingerprint density at radius 3 is 2.79 bits per heavy atom. The van der Waals surface area contributed by atoms with E-state index in [1.165, 1.54) is 6.42 Å². The first kappa shape index (κ1) is 15.8. The standard InChI is InChI=1S/C19H25N3O2/c1-14-2-3-17-15(11-19(23)24-18(17)10-14)13-21-6-8-22(9-7-21)16-4-5-20-12-16/h2-3,10-11,16,20H,4-9,12-13H2,1H3. The summed E-state index contributed by atoms with van der Waals surface area (Å²) in [6.45, 7) is 9.47. The fourth-order valence-electron chi connectivity index (χ4n) is 3.95. The molecule has 2 aliphatic heterocycles. The van der Waals surface area contributed by atoms with Crippen molar-refractivity contribution >= 4 is 11.0 Å². The molecule has 5 nitrogen and oxygen atoms in total. The molecular weight excluding hydrogens is 302 g/mol. The van der Waals surface area contributed by atoms with Crippen molar-refractivity contribution in [3.63, 3.8) is 0 Å². The number of nitrogens with one attached hydrogen (secondary N) is 1. The maximum absolute atomic E-state index is 11.9. The summed E-state index contributed by atoms with van der Waals surface area (Å²) >= 11 is 0. The van der Waals surface area contributed by atoms with Crippen molar-refractivity contribution in [2.75, 3.05) is 39.3 Å². The lowest BCUT2D eigenvalue weighted by molar-refractivity contribution is 0.0983. The molecule has 1 unspecified atom stereocenters. The van der Waals surface area contributed by atoms with E-state index in [9.17, 15) is 4.79 Å². The van der Waals surface area contributed by atoms with Gasteiger partial charge in [0.25, 0.3) is 0 Å². The van der Waals surface area contributed by atoms with Crippen LogP contribution in [0.2, 0.25) is 0 Å². The van der Waals surface area contributed by atoms with Gasteiger partial charge in [-0.25, -0.2) is 4.79 Å². The number of piperazine rings is 1. The maximum Gasteiger partial charge on any atom is 0.336 e. The molecule has 2 aromatic rings. The number of benzene rings is 1. The fraction of sp³-hybridized carbons (Fsp3) is 0.526. The zero-order valence-electron chi connectivity index (χ0n) is 14.3. The summed E-state index contributed by atoms with van der Waals surface area (Å²) in [7, 11) is 0. The third kappa shape index (κ3) is 3.24. The molecule has 0 spiro atoms. The summed E-state index contributed by atoms with van der Waals surface area (Å²) < 4.78 is 5.37. The van der Waals surface area contributed by atoms with Crippen LogP contribution in [0.3, 0.4) is 0 Å². The second-order valence-corrected chi connectivity index (χ2v) is 7.05. The Bertz CT molecular complexity index is 772. The molecule has 0 bridgehead atoms. The van der Waals surface area contributed by atoms with Gasteiger partial charge in [0, 0.05) is 56.8 Å². The van der Waals surface area contributed by atoms with Crippen molar-refractivity contribution in [1.29, 1.82) is 0 Å². The van der Waals surface area contributed by atoms with Gasteiger partial charge in [-0.1, -0.05) is 12.1 Å². The lowest BCUT2D eigenvalue weighted by atomic mass is 10.1. The topological polar surface area (TPSA) is 48.7 Å². The van der Waals surface area contributed by atoms with Crippen LogP contribution in [-0.4, -0.2) is 55.1 Å². The van der Waals surface area contributed by atoms with Crippen LogP contribution >= 0.6 is 0 Å². The van der Waals surface area contributed by atoms with Crippen molar-refractivity contribution in [1.82, 2.24) is 15.1 Å². The van der Waals surface area contributed by atoms with E-state index < -0.39 is 0 Å². The zero-order chi connectivity index (χ0) is 16.5. The predicted molar refractivity (Wildman–Crippen MR) is 95.3 cm³/mol. The zero-order valence-corrected chi connectivity index (χ0v) is 14.3. The van der Waals surface area contributed by atoms with Crippen LogP contribution in [0, 0.1) is 6.92 Å². The van der Waals surface area contributed by atoms with E-state index in [1.807, 2.05) is 13.0 Å². The fourth-order valence-corrected chi connectivity index (χ4v) is 3.95. The first-order valence-corrected chi connectivity index (χ1v) is 8.89. The summed E-state index contributed by atoms with van der Waals surface area (Å²) in [6, 6.07) is 8.47. The monoisotopic (exact) mass is 327 g/mol. The number of hydrogen-bond acceptors (Lipinski definition) is 5. The largest absolute Gasteiger partial charge is 0.423 e. The van der Waals surface area contributed by atoms with Crippen molar-refractivity contribution < 1.29 is 4.42 Å². The minimum atomic E-state index is -0.251. The van der Waals surface area contributed by atoms with Crippen LogP contribution in [-0.2, 0) is 6.54 Å².